The number of unbranched alkanes of at least 4 members (excludes halogenated alkanes) is 5. The largest absolute Gasteiger partial charge is 0.481 e. The number of carboxylic acid groups (broad SMARTS) is 1. The maximum atomic E-state index is 11.7. The summed E-state index contributed by atoms with van der Waals surface area (Å²) in [6.45, 7) is 2.41. The molecule has 112 valence electrons. The summed E-state index contributed by atoms with van der Waals surface area (Å²) in [7, 11) is 0. The van der Waals surface area contributed by atoms with Gasteiger partial charge in [0, 0.05) is 5.75 Å². The van der Waals surface area contributed by atoms with Crippen LogP contribution in [0.5, 0.6) is 0 Å². The molecule has 0 aromatic carbocycles. The number of ether oxygens (including phenoxy) is 1. The van der Waals surface area contributed by atoms with Crippen LogP contribution in [0.4, 0.5) is 0 Å². The lowest BCUT2D eigenvalue weighted by molar-refractivity contribution is -0.152. The molecule has 0 spiro atoms. The Morgan fingerprint density at radius 2 is 1.79 bits per heavy atom. The zero-order valence-electron chi connectivity index (χ0n) is 11.8. The standard InChI is InChI=1S/C14H26O4S/c1-2-3-4-5-6-7-8-12(11-13(15)16)14(17)18-9-10-19/h12,19H,2-11H2,1H3,(H,15,16). The summed E-state index contributed by atoms with van der Waals surface area (Å²) in [6, 6.07) is 0. The Morgan fingerprint density at radius 3 is 2.37 bits per heavy atom. The Bertz CT molecular complexity index is 256. The van der Waals surface area contributed by atoms with E-state index in [4.69, 9.17) is 9.84 Å². The molecule has 0 radical (unpaired) electrons. The summed E-state index contributed by atoms with van der Waals surface area (Å²) in [6.07, 6.45) is 7.21. The van der Waals surface area contributed by atoms with Crippen LogP contribution < -0.4 is 0 Å². The number of esters is 1. The van der Waals surface area contributed by atoms with E-state index in [0.717, 1.165) is 19.3 Å². The van der Waals surface area contributed by atoms with Gasteiger partial charge in [0.25, 0.3) is 0 Å². The SMILES string of the molecule is CCCCCCCCC(CC(=O)O)C(=O)OCCS. The monoisotopic (exact) mass is 290 g/mol. The highest BCUT2D eigenvalue weighted by atomic mass is 32.1. The van der Waals surface area contributed by atoms with Crippen molar-refractivity contribution in [2.45, 2.75) is 58.3 Å². The molecule has 5 heteroatoms. The fourth-order valence-electron chi connectivity index (χ4n) is 1.95. The Hall–Kier alpha value is -0.710. The molecule has 0 fully saturated rings. The summed E-state index contributed by atoms with van der Waals surface area (Å²) in [5.41, 5.74) is 0. The molecule has 0 saturated heterocycles. The van der Waals surface area contributed by atoms with Gasteiger partial charge >= 0.3 is 11.9 Å². The molecular formula is C14H26O4S. The highest BCUT2D eigenvalue weighted by Crippen LogP contribution is 2.17. The van der Waals surface area contributed by atoms with E-state index in [0.29, 0.717) is 12.2 Å². The van der Waals surface area contributed by atoms with Gasteiger partial charge in [-0.3, -0.25) is 9.59 Å². The average molecular weight is 290 g/mol. The van der Waals surface area contributed by atoms with E-state index in [1.807, 2.05) is 0 Å². The van der Waals surface area contributed by atoms with Gasteiger partial charge in [0.2, 0.25) is 0 Å². The topological polar surface area (TPSA) is 63.6 Å². The molecule has 0 aliphatic rings. The number of carboxylic acids is 1. The smallest absolute Gasteiger partial charge is 0.309 e. The van der Waals surface area contributed by atoms with E-state index in [1.165, 1.54) is 19.3 Å². The van der Waals surface area contributed by atoms with Crippen LogP contribution in [-0.2, 0) is 14.3 Å². The van der Waals surface area contributed by atoms with Crippen LogP contribution in [0.2, 0.25) is 0 Å². The number of aliphatic carboxylic acids is 1. The molecule has 4 nitrogen and oxygen atoms in total. The molecule has 0 heterocycles. The van der Waals surface area contributed by atoms with E-state index < -0.39 is 17.9 Å². The first kappa shape index (κ1) is 18.3. The number of hydrogen-bond donors (Lipinski definition) is 2. The molecule has 0 aliphatic carbocycles. The first-order valence-electron chi connectivity index (χ1n) is 7.11. The Balaban J connectivity index is 3.92. The minimum Gasteiger partial charge on any atom is -0.481 e. The lowest BCUT2D eigenvalue weighted by atomic mass is 9.97. The van der Waals surface area contributed by atoms with Crippen molar-refractivity contribution in [1.82, 2.24) is 0 Å². The predicted octanol–water partition coefficient (Wildman–Crippen LogP) is 3.30. The second kappa shape index (κ2) is 12.3. The van der Waals surface area contributed by atoms with Crippen molar-refractivity contribution in [3.8, 4) is 0 Å². The third kappa shape index (κ3) is 10.9. The molecule has 0 saturated carbocycles. The maximum Gasteiger partial charge on any atom is 0.309 e. The molecular weight excluding hydrogens is 264 g/mol. The molecule has 0 amide bonds. The van der Waals surface area contributed by atoms with E-state index in [-0.39, 0.29) is 13.0 Å². The Morgan fingerprint density at radius 1 is 1.16 bits per heavy atom. The number of thiol groups is 1. The number of carbonyl (C=O) groups is 2. The molecule has 0 aliphatic heterocycles. The number of hydrogen-bond acceptors (Lipinski definition) is 4. The quantitative estimate of drug-likeness (QED) is 0.329. The maximum absolute atomic E-state index is 11.7. The summed E-state index contributed by atoms with van der Waals surface area (Å²) < 4.78 is 4.97. The summed E-state index contributed by atoms with van der Waals surface area (Å²) in [5, 5.41) is 8.81. The molecule has 0 aromatic rings. The molecule has 0 rings (SSSR count). The Kier molecular flexibility index (Phi) is 11.9. The van der Waals surface area contributed by atoms with E-state index in [9.17, 15) is 9.59 Å². The lowest BCUT2D eigenvalue weighted by Gasteiger charge is -2.13. The molecule has 1 atom stereocenters. The van der Waals surface area contributed by atoms with Crippen molar-refractivity contribution in [3.63, 3.8) is 0 Å². The van der Waals surface area contributed by atoms with Gasteiger partial charge < -0.3 is 9.84 Å². The molecule has 0 aromatic heterocycles. The zero-order chi connectivity index (χ0) is 14.5. The van der Waals surface area contributed by atoms with Crippen molar-refractivity contribution in [2.24, 2.45) is 5.92 Å². The van der Waals surface area contributed by atoms with Crippen molar-refractivity contribution < 1.29 is 19.4 Å². The van der Waals surface area contributed by atoms with Crippen LogP contribution in [0.3, 0.4) is 0 Å². The van der Waals surface area contributed by atoms with Gasteiger partial charge in [-0.05, 0) is 6.42 Å². The highest BCUT2D eigenvalue weighted by Gasteiger charge is 2.22. The zero-order valence-corrected chi connectivity index (χ0v) is 12.7. The van der Waals surface area contributed by atoms with E-state index in [2.05, 4.69) is 19.6 Å². The summed E-state index contributed by atoms with van der Waals surface area (Å²) in [5.74, 6) is -1.39. The van der Waals surface area contributed by atoms with Crippen LogP contribution >= 0.6 is 12.6 Å². The third-order valence-corrected chi connectivity index (χ3v) is 3.18. The van der Waals surface area contributed by atoms with Crippen LogP contribution in [0.1, 0.15) is 58.3 Å². The van der Waals surface area contributed by atoms with Crippen molar-refractivity contribution >= 4 is 24.6 Å². The highest BCUT2D eigenvalue weighted by molar-refractivity contribution is 7.80. The number of rotatable bonds is 12. The predicted molar refractivity (Wildman–Crippen MR) is 78.5 cm³/mol. The van der Waals surface area contributed by atoms with Gasteiger partial charge in [0.15, 0.2) is 0 Å². The number of carbonyl (C=O) groups excluding carboxylic acids is 1. The molecule has 1 unspecified atom stereocenters. The third-order valence-electron chi connectivity index (χ3n) is 3.00. The van der Waals surface area contributed by atoms with Gasteiger partial charge in [0.05, 0.1) is 12.3 Å². The van der Waals surface area contributed by atoms with Gasteiger partial charge in [-0.15, -0.1) is 0 Å². The van der Waals surface area contributed by atoms with E-state index >= 15 is 0 Å². The van der Waals surface area contributed by atoms with Crippen molar-refractivity contribution in [3.05, 3.63) is 0 Å². The Labute approximate surface area is 121 Å². The minimum absolute atomic E-state index is 0.139. The van der Waals surface area contributed by atoms with Gasteiger partial charge in [-0.2, -0.15) is 12.6 Å². The van der Waals surface area contributed by atoms with Gasteiger partial charge in [-0.25, -0.2) is 0 Å². The first-order chi connectivity index (χ1) is 9.11. The fraction of sp³-hybridized carbons (Fsp3) is 0.857. The lowest BCUT2D eigenvalue weighted by Crippen LogP contribution is -2.21. The minimum atomic E-state index is -0.946. The van der Waals surface area contributed by atoms with E-state index in [1.54, 1.807) is 0 Å². The summed E-state index contributed by atoms with van der Waals surface area (Å²) in [4.78, 5) is 22.4. The molecule has 0 bridgehead atoms. The van der Waals surface area contributed by atoms with Crippen LogP contribution in [0.15, 0.2) is 0 Å². The van der Waals surface area contributed by atoms with Gasteiger partial charge in [0.1, 0.15) is 6.61 Å². The van der Waals surface area contributed by atoms with Gasteiger partial charge in [-0.1, -0.05) is 45.4 Å². The second-order valence-corrected chi connectivity index (χ2v) is 5.19. The van der Waals surface area contributed by atoms with Crippen LogP contribution in [0.25, 0.3) is 0 Å². The molecule has 1 N–H and O–H groups in total. The summed E-state index contributed by atoms with van der Waals surface area (Å²) >= 11 is 3.96. The van der Waals surface area contributed by atoms with Crippen molar-refractivity contribution in [1.29, 1.82) is 0 Å². The first-order valence-corrected chi connectivity index (χ1v) is 7.74. The normalized spacial score (nSPS) is 12.1. The fourth-order valence-corrected chi connectivity index (χ4v) is 2.04. The molecule has 19 heavy (non-hydrogen) atoms. The average Bonchev–Trinajstić information content (AvgIpc) is 2.38. The van der Waals surface area contributed by atoms with Crippen molar-refractivity contribution in [2.75, 3.05) is 12.4 Å². The van der Waals surface area contributed by atoms with Crippen LogP contribution in [0, 0.1) is 5.92 Å². The second-order valence-electron chi connectivity index (χ2n) is 4.74. The van der Waals surface area contributed by atoms with Crippen LogP contribution in [-0.4, -0.2) is 29.4 Å².